The van der Waals surface area contributed by atoms with Gasteiger partial charge in [-0.05, 0) is 23.9 Å². The normalized spacial score (nSPS) is 10.9. The largest absolute Gasteiger partial charge is 0.389 e. The minimum absolute atomic E-state index is 0.417. The molecule has 1 heterocycles. The average Bonchev–Trinajstić information content (AvgIpc) is 2.74. The number of benzene rings is 1. The van der Waals surface area contributed by atoms with Gasteiger partial charge in [0.05, 0.1) is 13.6 Å². The number of thiocarbonyl (C=S) groups is 1. The van der Waals surface area contributed by atoms with E-state index in [1.165, 1.54) is 4.80 Å². The molecule has 0 unspecified atom stereocenters. The van der Waals surface area contributed by atoms with Gasteiger partial charge in [0.1, 0.15) is 4.99 Å². The van der Waals surface area contributed by atoms with Crippen LogP contribution in [0.1, 0.15) is 17.0 Å². The summed E-state index contributed by atoms with van der Waals surface area (Å²) in [6.07, 6.45) is 0. The Labute approximate surface area is 117 Å². The molecule has 2 N–H and O–H groups in total. The van der Waals surface area contributed by atoms with Gasteiger partial charge in [-0.2, -0.15) is 4.80 Å². The van der Waals surface area contributed by atoms with E-state index < -0.39 is 0 Å². The van der Waals surface area contributed by atoms with Crippen molar-refractivity contribution in [2.24, 2.45) is 12.8 Å². The number of hydrogen-bond donors (Lipinski definition) is 1. The molecule has 0 bridgehead atoms. The van der Waals surface area contributed by atoms with Crippen molar-refractivity contribution in [1.29, 1.82) is 0 Å². The third-order valence-corrected chi connectivity index (χ3v) is 2.86. The standard InChI is InChI=1S/C12H16N6S/c1-17(8-11-14-16-18(2)15-11)7-9-4-3-5-10(6-9)12(13)19/h3-6H,7-8H2,1-2H3,(H2,13,19). The number of aromatic nitrogens is 4. The molecule has 0 atom stereocenters. The number of nitrogens with two attached hydrogens (primary N) is 1. The van der Waals surface area contributed by atoms with E-state index in [9.17, 15) is 0 Å². The first-order valence-electron chi connectivity index (χ1n) is 5.85. The second-order valence-corrected chi connectivity index (χ2v) is 4.87. The van der Waals surface area contributed by atoms with Crippen LogP contribution in [0.5, 0.6) is 0 Å². The number of nitrogens with zero attached hydrogens (tertiary/aromatic N) is 5. The Bertz CT molecular complexity index is 579. The van der Waals surface area contributed by atoms with Crippen molar-refractivity contribution in [3.05, 3.63) is 41.2 Å². The van der Waals surface area contributed by atoms with Gasteiger partial charge in [-0.3, -0.25) is 4.90 Å². The number of hydrogen-bond acceptors (Lipinski definition) is 5. The van der Waals surface area contributed by atoms with E-state index in [1.807, 2.05) is 31.3 Å². The predicted molar refractivity (Wildman–Crippen MR) is 76.3 cm³/mol. The fourth-order valence-electron chi connectivity index (χ4n) is 1.82. The Hall–Kier alpha value is -1.86. The van der Waals surface area contributed by atoms with E-state index in [-0.39, 0.29) is 0 Å². The fourth-order valence-corrected chi connectivity index (χ4v) is 1.95. The van der Waals surface area contributed by atoms with Crippen molar-refractivity contribution >= 4 is 17.2 Å². The lowest BCUT2D eigenvalue weighted by atomic mass is 10.1. The smallest absolute Gasteiger partial charge is 0.188 e. The molecule has 19 heavy (non-hydrogen) atoms. The van der Waals surface area contributed by atoms with E-state index in [0.29, 0.717) is 17.4 Å². The van der Waals surface area contributed by atoms with Gasteiger partial charge < -0.3 is 5.73 Å². The van der Waals surface area contributed by atoms with Crippen LogP contribution < -0.4 is 5.73 Å². The van der Waals surface area contributed by atoms with Gasteiger partial charge >= 0.3 is 0 Å². The first-order valence-corrected chi connectivity index (χ1v) is 6.25. The van der Waals surface area contributed by atoms with Gasteiger partial charge in [-0.25, -0.2) is 0 Å². The van der Waals surface area contributed by atoms with E-state index in [1.54, 1.807) is 7.05 Å². The molecule has 0 aliphatic heterocycles. The molecule has 0 saturated carbocycles. The molecule has 0 amide bonds. The van der Waals surface area contributed by atoms with Crippen LogP contribution in [-0.4, -0.2) is 37.1 Å². The summed E-state index contributed by atoms with van der Waals surface area (Å²) in [4.78, 5) is 3.98. The van der Waals surface area contributed by atoms with Crippen LogP contribution in [0.25, 0.3) is 0 Å². The zero-order chi connectivity index (χ0) is 13.8. The highest BCUT2D eigenvalue weighted by molar-refractivity contribution is 7.80. The highest BCUT2D eigenvalue weighted by Crippen LogP contribution is 2.08. The summed E-state index contributed by atoms with van der Waals surface area (Å²) in [6, 6.07) is 7.92. The highest BCUT2D eigenvalue weighted by atomic mass is 32.1. The molecule has 0 spiro atoms. The summed E-state index contributed by atoms with van der Waals surface area (Å²) in [6.45, 7) is 1.42. The molecular weight excluding hydrogens is 260 g/mol. The maximum Gasteiger partial charge on any atom is 0.188 e. The maximum atomic E-state index is 5.63. The molecule has 0 saturated heterocycles. The summed E-state index contributed by atoms with van der Waals surface area (Å²) in [5, 5.41) is 11.9. The van der Waals surface area contributed by atoms with Gasteiger partial charge in [0.25, 0.3) is 0 Å². The molecule has 0 aliphatic rings. The second kappa shape index (κ2) is 5.85. The number of rotatable bonds is 5. The minimum Gasteiger partial charge on any atom is -0.389 e. The predicted octanol–water partition coefficient (Wildman–Crippen LogP) is 0.476. The lowest BCUT2D eigenvalue weighted by molar-refractivity contribution is 0.310. The third-order valence-electron chi connectivity index (χ3n) is 2.63. The molecule has 0 fully saturated rings. The van der Waals surface area contributed by atoms with E-state index in [0.717, 1.165) is 17.7 Å². The number of tetrazole rings is 1. The molecular formula is C12H16N6S. The molecule has 0 radical (unpaired) electrons. The van der Waals surface area contributed by atoms with Crippen LogP contribution in [0.15, 0.2) is 24.3 Å². The van der Waals surface area contributed by atoms with Gasteiger partial charge in [-0.15, -0.1) is 10.2 Å². The first kappa shape index (κ1) is 13.6. The van der Waals surface area contributed by atoms with Crippen molar-refractivity contribution in [2.75, 3.05) is 7.05 Å². The van der Waals surface area contributed by atoms with Crippen molar-refractivity contribution in [3.8, 4) is 0 Å². The third kappa shape index (κ3) is 3.80. The summed E-state index contributed by atoms with van der Waals surface area (Å²) in [5.74, 6) is 0.704. The molecule has 100 valence electrons. The topological polar surface area (TPSA) is 72.9 Å². The molecule has 2 rings (SSSR count). The van der Waals surface area contributed by atoms with Crippen LogP contribution in [0.3, 0.4) is 0 Å². The number of aryl methyl sites for hydroxylation is 1. The average molecular weight is 276 g/mol. The Morgan fingerprint density at radius 3 is 2.84 bits per heavy atom. The Morgan fingerprint density at radius 1 is 1.42 bits per heavy atom. The zero-order valence-corrected chi connectivity index (χ0v) is 11.8. The molecule has 0 aliphatic carbocycles. The van der Waals surface area contributed by atoms with Gasteiger partial charge in [0, 0.05) is 12.1 Å². The molecule has 2 aromatic rings. The highest BCUT2D eigenvalue weighted by Gasteiger charge is 2.07. The lowest BCUT2D eigenvalue weighted by Gasteiger charge is -2.14. The van der Waals surface area contributed by atoms with Gasteiger partial charge in [0.2, 0.25) is 0 Å². The van der Waals surface area contributed by atoms with Crippen LogP contribution in [0.4, 0.5) is 0 Å². The quantitative estimate of drug-likeness (QED) is 0.801. The Balaban J connectivity index is 2.00. The molecule has 1 aromatic carbocycles. The van der Waals surface area contributed by atoms with Crippen molar-refractivity contribution in [1.82, 2.24) is 25.1 Å². The zero-order valence-electron chi connectivity index (χ0n) is 10.9. The summed E-state index contributed by atoms with van der Waals surface area (Å²) < 4.78 is 0. The molecule has 7 heteroatoms. The Kier molecular flexibility index (Phi) is 4.18. The monoisotopic (exact) mass is 276 g/mol. The van der Waals surface area contributed by atoms with Crippen LogP contribution in [0.2, 0.25) is 0 Å². The SMILES string of the molecule is CN(Cc1cccc(C(N)=S)c1)Cc1nnn(C)n1. The van der Waals surface area contributed by atoms with Gasteiger partial charge in [-0.1, -0.05) is 30.4 Å². The first-order chi connectivity index (χ1) is 9.04. The lowest BCUT2D eigenvalue weighted by Crippen LogP contribution is -2.19. The summed E-state index contributed by atoms with van der Waals surface area (Å²) in [7, 11) is 3.76. The van der Waals surface area contributed by atoms with E-state index in [2.05, 4.69) is 20.3 Å². The Morgan fingerprint density at radius 2 is 2.21 bits per heavy atom. The van der Waals surface area contributed by atoms with Crippen molar-refractivity contribution < 1.29 is 0 Å². The fraction of sp³-hybridized carbons (Fsp3) is 0.333. The van der Waals surface area contributed by atoms with E-state index in [4.69, 9.17) is 18.0 Å². The van der Waals surface area contributed by atoms with Crippen LogP contribution >= 0.6 is 12.2 Å². The molecule has 6 nitrogen and oxygen atoms in total. The summed E-state index contributed by atoms with van der Waals surface area (Å²) in [5.41, 5.74) is 7.66. The van der Waals surface area contributed by atoms with Crippen molar-refractivity contribution in [2.45, 2.75) is 13.1 Å². The van der Waals surface area contributed by atoms with Crippen LogP contribution in [0, 0.1) is 0 Å². The van der Waals surface area contributed by atoms with E-state index >= 15 is 0 Å². The van der Waals surface area contributed by atoms with Crippen molar-refractivity contribution in [3.63, 3.8) is 0 Å². The van der Waals surface area contributed by atoms with Crippen LogP contribution in [-0.2, 0) is 20.1 Å². The van der Waals surface area contributed by atoms with Gasteiger partial charge in [0.15, 0.2) is 5.82 Å². The maximum absolute atomic E-state index is 5.63. The minimum atomic E-state index is 0.417. The summed E-state index contributed by atoms with van der Waals surface area (Å²) >= 11 is 4.98. The molecule has 1 aromatic heterocycles. The second-order valence-electron chi connectivity index (χ2n) is 4.43.